The molecule has 6 atom stereocenters. The van der Waals surface area contributed by atoms with E-state index in [1.54, 1.807) is 20.2 Å². The first kappa shape index (κ1) is 27.8. The molecule has 0 aliphatic heterocycles. The maximum atomic E-state index is 13.9. The molecule has 0 bridgehead atoms. The Morgan fingerprint density at radius 3 is 2.23 bits per heavy atom. The van der Waals surface area contributed by atoms with Crippen LogP contribution >= 0.6 is 0 Å². The molecule has 0 aromatic heterocycles. The number of hydrogen-bond acceptors (Lipinski definition) is 9. The van der Waals surface area contributed by atoms with Crippen molar-refractivity contribution < 1.29 is 34.2 Å². The van der Waals surface area contributed by atoms with Crippen LogP contribution < -0.4 is 5.73 Å². The van der Waals surface area contributed by atoms with Crippen LogP contribution in [0.1, 0.15) is 27.9 Å². The lowest BCUT2D eigenvalue weighted by Crippen LogP contribution is -2.74. The van der Waals surface area contributed by atoms with Gasteiger partial charge in [0, 0.05) is 12.5 Å². The maximum absolute atomic E-state index is 13.9. The van der Waals surface area contributed by atoms with Gasteiger partial charge in [0.15, 0.2) is 34.7 Å². The topological polar surface area (TPSA) is 158 Å². The van der Waals surface area contributed by atoms with Crippen LogP contribution in [0.15, 0.2) is 36.4 Å². The summed E-state index contributed by atoms with van der Waals surface area (Å²) in [6.45, 7) is 0.754. The van der Waals surface area contributed by atoms with Crippen LogP contribution in [0.5, 0.6) is 5.75 Å². The van der Waals surface area contributed by atoms with Crippen LogP contribution in [-0.2, 0) is 32.1 Å². The highest BCUT2D eigenvalue weighted by Crippen LogP contribution is 2.51. The number of carbonyl (C=O) groups is 5. The van der Waals surface area contributed by atoms with Gasteiger partial charge < -0.3 is 20.8 Å². The Labute approximate surface area is 231 Å². The van der Waals surface area contributed by atoms with Crippen molar-refractivity contribution in [3.8, 4) is 16.9 Å². The number of phenolic OH excluding ortho intramolecular Hbond substituents is 1. The number of Topliss-reactive ketones (excluding diaryl/α,β-unsaturated/α-hetero) is 4. The Bertz CT molecular complexity index is 1450. The fourth-order valence-corrected chi connectivity index (χ4v) is 7.03. The number of phenols is 1. The van der Waals surface area contributed by atoms with Crippen molar-refractivity contribution >= 4 is 29.0 Å². The standard InChI is InChI=1S/C30H33N3O7/c1-32(2)13-14-5-7-15(8-6-14)17-9-10-20(34)22-18(17)11-16-12-19-24(33(3)4)26(36)23(29(31)39)28(38)30(19,40)27(37)21(16)25(22)35/h5-10,16,19,21,23-24,34,40H,11-13H2,1-4H3,(H2,31,39)/t16-,19-,21?,23?,24?,30-/m1/s1. The quantitative estimate of drug-likeness (QED) is 0.456. The van der Waals surface area contributed by atoms with Crippen LogP contribution in [0.3, 0.4) is 0 Å². The number of primary amides is 1. The number of hydrogen-bond donors (Lipinski definition) is 3. The molecule has 4 N–H and O–H groups in total. The summed E-state index contributed by atoms with van der Waals surface area (Å²) >= 11 is 0. The molecule has 3 aliphatic carbocycles. The van der Waals surface area contributed by atoms with Gasteiger partial charge in [0.25, 0.3) is 0 Å². The van der Waals surface area contributed by atoms with Crippen molar-refractivity contribution in [1.29, 1.82) is 0 Å². The molecule has 3 aliphatic rings. The molecule has 1 amide bonds. The maximum Gasteiger partial charge on any atom is 0.235 e. The first-order valence-electron chi connectivity index (χ1n) is 13.2. The monoisotopic (exact) mass is 547 g/mol. The summed E-state index contributed by atoms with van der Waals surface area (Å²) in [6, 6.07) is 9.87. The Morgan fingerprint density at radius 1 is 1.00 bits per heavy atom. The molecule has 10 heteroatoms. The molecule has 0 heterocycles. The average Bonchev–Trinajstić information content (AvgIpc) is 2.86. The third kappa shape index (κ3) is 4.01. The summed E-state index contributed by atoms with van der Waals surface area (Å²) in [4.78, 5) is 70.0. The van der Waals surface area contributed by atoms with Gasteiger partial charge in [0.2, 0.25) is 5.91 Å². The number of nitrogens with two attached hydrogens (primary N) is 1. The minimum Gasteiger partial charge on any atom is -0.507 e. The van der Waals surface area contributed by atoms with Crippen molar-refractivity contribution in [2.45, 2.75) is 31.0 Å². The molecule has 0 saturated heterocycles. The zero-order chi connectivity index (χ0) is 29.3. The largest absolute Gasteiger partial charge is 0.507 e. The number of amides is 1. The minimum absolute atomic E-state index is 0.0125. The zero-order valence-corrected chi connectivity index (χ0v) is 22.9. The van der Waals surface area contributed by atoms with Crippen molar-refractivity contribution in [1.82, 2.24) is 9.80 Å². The fourth-order valence-electron chi connectivity index (χ4n) is 7.03. The number of aromatic hydroxyl groups is 1. The summed E-state index contributed by atoms with van der Waals surface area (Å²) < 4.78 is 0. The lowest BCUT2D eigenvalue weighted by atomic mass is 9.52. The van der Waals surface area contributed by atoms with Gasteiger partial charge in [-0.1, -0.05) is 30.3 Å². The predicted octanol–water partition coefficient (Wildman–Crippen LogP) is 0.596. The molecule has 40 heavy (non-hydrogen) atoms. The first-order valence-corrected chi connectivity index (χ1v) is 13.2. The third-order valence-corrected chi connectivity index (χ3v) is 8.71. The van der Waals surface area contributed by atoms with Crippen molar-refractivity contribution in [3.63, 3.8) is 0 Å². The van der Waals surface area contributed by atoms with E-state index in [0.717, 1.165) is 23.2 Å². The Hall–Kier alpha value is -3.73. The van der Waals surface area contributed by atoms with E-state index in [1.807, 2.05) is 43.3 Å². The Morgan fingerprint density at radius 2 is 1.65 bits per heavy atom. The number of benzene rings is 2. The molecule has 2 saturated carbocycles. The molecule has 3 unspecified atom stereocenters. The van der Waals surface area contributed by atoms with Crippen LogP contribution in [0.2, 0.25) is 0 Å². The second-order valence-electron chi connectivity index (χ2n) is 11.7. The number of likely N-dealkylation sites (N-methyl/N-ethyl adjacent to an activating group) is 1. The highest BCUT2D eigenvalue weighted by molar-refractivity contribution is 6.32. The van der Waals surface area contributed by atoms with Gasteiger partial charge in [-0.15, -0.1) is 0 Å². The van der Waals surface area contributed by atoms with Gasteiger partial charge in [0.05, 0.1) is 17.5 Å². The van der Waals surface area contributed by atoms with Gasteiger partial charge in [-0.3, -0.25) is 28.9 Å². The number of rotatable bonds is 5. The van der Waals surface area contributed by atoms with E-state index in [1.165, 1.54) is 11.0 Å². The van der Waals surface area contributed by atoms with Crippen LogP contribution in [0.4, 0.5) is 0 Å². The lowest BCUT2D eigenvalue weighted by molar-refractivity contribution is -0.181. The lowest BCUT2D eigenvalue weighted by Gasteiger charge is -2.52. The van der Waals surface area contributed by atoms with Gasteiger partial charge in [-0.25, -0.2) is 0 Å². The SMILES string of the molecule is CN(C)Cc1ccc(-c2ccc(O)c3c2C[C@@H]2C[C@@H]4C(N(C)C)C(=O)C(C(N)=O)C(=O)[C@]4(O)C(=O)C2C3=O)cc1. The zero-order valence-electron chi connectivity index (χ0n) is 22.9. The minimum atomic E-state index is -2.73. The van der Waals surface area contributed by atoms with Crippen molar-refractivity contribution in [2.24, 2.45) is 29.4 Å². The molecule has 2 aromatic rings. The molecular weight excluding hydrogens is 514 g/mol. The normalized spacial score (nSPS) is 29.8. The second-order valence-corrected chi connectivity index (χ2v) is 11.7. The molecule has 10 nitrogen and oxygen atoms in total. The average molecular weight is 548 g/mol. The van der Waals surface area contributed by atoms with E-state index >= 15 is 0 Å². The fraction of sp³-hybridized carbons (Fsp3) is 0.433. The van der Waals surface area contributed by atoms with E-state index in [4.69, 9.17) is 5.73 Å². The molecule has 5 rings (SSSR count). The number of aliphatic hydroxyl groups is 1. The smallest absolute Gasteiger partial charge is 0.235 e. The van der Waals surface area contributed by atoms with E-state index in [2.05, 4.69) is 0 Å². The number of nitrogens with zero attached hydrogens (tertiary/aromatic N) is 2. The molecule has 0 radical (unpaired) electrons. The van der Waals surface area contributed by atoms with Gasteiger partial charge in [0.1, 0.15) is 5.75 Å². The highest BCUT2D eigenvalue weighted by Gasteiger charge is 2.69. The molecule has 2 fully saturated rings. The van der Waals surface area contributed by atoms with E-state index in [0.29, 0.717) is 5.56 Å². The Balaban J connectivity index is 1.60. The predicted molar refractivity (Wildman–Crippen MR) is 144 cm³/mol. The van der Waals surface area contributed by atoms with Crippen molar-refractivity contribution in [3.05, 3.63) is 53.1 Å². The third-order valence-electron chi connectivity index (χ3n) is 8.71. The molecule has 0 spiro atoms. The second kappa shape index (κ2) is 9.72. The number of fused-ring (bicyclic) bond motifs is 3. The van der Waals surface area contributed by atoms with E-state index in [9.17, 15) is 34.2 Å². The molecule has 210 valence electrons. The van der Waals surface area contributed by atoms with Gasteiger partial charge in [-0.2, -0.15) is 0 Å². The van der Waals surface area contributed by atoms with E-state index in [-0.39, 0.29) is 24.2 Å². The van der Waals surface area contributed by atoms with Gasteiger partial charge >= 0.3 is 0 Å². The number of carbonyl (C=O) groups excluding carboxylic acids is 5. The van der Waals surface area contributed by atoms with E-state index < -0.39 is 64.4 Å². The van der Waals surface area contributed by atoms with Gasteiger partial charge in [-0.05, 0) is 75.3 Å². The molecule has 2 aromatic carbocycles. The van der Waals surface area contributed by atoms with Crippen molar-refractivity contribution in [2.75, 3.05) is 28.2 Å². The van der Waals surface area contributed by atoms with Crippen LogP contribution in [0, 0.1) is 23.7 Å². The summed E-state index contributed by atoms with van der Waals surface area (Å²) in [5, 5.41) is 22.4. The number of ketones is 4. The Kier molecular flexibility index (Phi) is 6.76. The summed E-state index contributed by atoms with van der Waals surface area (Å²) in [6.07, 6.45) is 0.232. The summed E-state index contributed by atoms with van der Waals surface area (Å²) in [7, 11) is 7.07. The summed E-state index contributed by atoms with van der Waals surface area (Å²) in [5.74, 6) is -10.5. The summed E-state index contributed by atoms with van der Waals surface area (Å²) in [5.41, 5.74) is 5.87. The van der Waals surface area contributed by atoms with Crippen LogP contribution in [-0.4, -0.2) is 88.9 Å². The highest BCUT2D eigenvalue weighted by atomic mass is 16.3. The first-order chi connectivity index (χ1) is 18.8. The molecular formula is C30H33N3O7. The van der Waals surface area contributed by atoms with Crippen LogP contribution in [0.25, 0.3) is 11.1 Å².